The van der Waals surface area contributed by atoms with Gasteiger partial charge in [0.05, 0.1) is 17.1 Å². The molecule has 1 aromatic heterocycles. The van der Waals surface area contributed by atoms with Crippen LogP contribution in [0, 0.1) is 19.7 Å². The molecule has 152 valence electrons. The van der Waals surface area contributed by atoms with Crippen molar-refractivity contribution in [2.24, 2.45) is 0 Å². The molecule has 0 fully saturated rings. The molecule has 6 nitrogen and oxygen atoms in total. The van der Waals surface area contributed by atoms with Crippen LogP contribution in [0.15, 0.2) is 57.9 Å². The molecule has 0 N–H and O–H groups in total. The summed E-state index contributed by atoms with van der Waals surface area (Å²) in [6.45, 7) is 3.47. The molecule has 0 radical (unpaired) electrons. The number of carbonyl (C=O) groups excluding carboxylic acids is 1. The zero-order chi connectivity index (χ0) is 21.0. The number of halogens is 1. The van der Waals surface area contributed by atoms with Crippen LogP contribution in [0.3, 0.4) is 0 Å². The summed E-state index contributed by atoms with van der Waals surface area (Å²) in [7, 11) is -3.56. The lowest BCUT2D eigenvalue weighted by Gasteiger charge is -2.06. The molecule has 1 heterocycles. The van der Waals surface area contributed by atoms with Gasteiger partial charge >= 0.3 is 5.97 Å². The van der Waals surface area contributed by atoms with Gasteiger partial charge in [-0.15, -0.1) is 0 Å². The SMILES string of the molecule is Cc1ccc(S(=O)(=O)CCC(=O)OCc2noc(-c3ccc(F)cc3)c2C)cc1. The van der Waals surface area contributed by atoms with Crippen molar-refractivity contribution in [3.8, 4) is 11.3 Å². The van der Waals surface area contributed by atoms with E-state index in [1.807, 2.05) is 6.92 Å². The second kappa shape index (κ2) is 8.57. The quantitative estimate of drug-likeness (QED) is 0.540. The van der Waals surface area contributed by atoms with E-state index in [4.69, 9.17) is 9.26 Å². The highest BCUT2D eigenvalue weighted by Gasteiger charge is 2.19. The maximum Gasteiger partial charge on any atom is 0.307 e. The molecule has 0 aliphatic heterocycles. The summed E-state index contributed by atoms with van der Waals surface area (Å²) >= 11 is 0. The van der Waals surface area contributed by atoms with Crippen LogP contribution in [0.2, 0.25) is 0 Å². The number of sulfone groups is 1. The van der Waals surface area contributed by atoms with E-state index in [1.165, 1.54) is 24.3 Å². The van der Waals surface area contributed by atoms with E-state index in [1.54, 1.807) is 31.2 Å². The molecule has 0 aliphatic rings. The molecule has 0 saturated carbocycles. The van der Waals surface area contributed by atoms with Crippen LogP contribution >= 0.6 is 0 Å². The second-order valence-corrected chi connectivity index (χ2v) is 8.74. The Bertz CT molecular complexity index is 1100. The monoisotopic (exact) mass is 417 g/mol. The Morgan fingerprint density at radius 1 is 1.07 bits per heavy atom. The van der Waals surface area contributed by atoms with Gasteiger partial charge in [0.25, 0.3) is 0 Å². The van der Waals surface area contributed by atoms with Gasteiger partial charge in [0.1, 0.15) is 18.1 Å². The van der Waals surface area contributed by atoms with Gasteiger partial charge in [-0.1, -0.05) is 22.9 Å². The first kappa shape index (κ1) is 20.7. The van der Waals surface area contributed by atoms with Crippen LogP contribution in [0.25, 0.3) is 11.3 Å². The van der Waals surface area contributed by atoms with Crippen molar-refractivity contribution in [3.63, 3.8) is 0 Å². The number of hydrogen-bond acceptors (Lipinski definition) is 6. The molecule has 3 rings (SSSR count). The van der Waals surface area contributed by atoms with E-state index in [0.29, 0.717) is 22.6 Å². The highest BCUT2D eigenvalue weighted by Crippen LogP contribution is 2.26. The number of rotatable bonds is 7. The van der Waals surface area contributed by atoms with Crippen LogP contribution in [0.1, 0.15) is 23.2 Å². The smallest absolute Gasteiger partial charge is 0.307 e. The Morgan fingerprint density at radius 3 is 2.38 bits per heavy atom. The third-order valence-electron chi connectivity index (χ3n) is 4.45. The van der Waals surface area contributed by atoms with Gasteiger partial charge in [-0.2, -0.15) is 0 Å². The van der Waals surface area contributed by atoms with Gasteiger partial charge in [-0.05, 0) is 50.2 Å². The largest absolute Gasteiger partial charge is 0.459 e. The van der Waals surface area contributed by atoms with E-state index in [2.05, 4.69) is 5.16 Å². The number of esters is 1. The lowest BCUT2D eigenvalue weighted by molar-refractivity contribution is -0.144. The van der Waals surface area contributed by atoms with Crippen molar-refractivity contribution in [3.05, 3.63) is 71.2 Å². The van der Waals surface area contributed by atoms with Crippen molar-refractivity contribution in [1.82, 2.24) is 5.16 Å². The van der Waals surface area contributed by atoms with E-state index in [9.17, 15) is 17.6 Å². The summed E-state index contributed by atoms with van der Waals surface area (Å²) in [4.78, 5) is 12.2. The third kappa shape index (κ3) is 5.08. The summed E-state index contributed by atoms with van der Waals surface area (Å²) < 4.78 is 48.1. The Kier molecular flexibility index (Phi) is 6.12. The molecule has 8 heteroatoms. The maximum absolute atomic E-state index is 13.1. The maximum atomic E-state index is 13.1. The first-order valence-corrected chi connectivity index (χ1v) is 10.6. The first-order valence-electron chi connectivity index (χ1n) is 8.92. The molecule has 0 atom stereocenters. The lowest BCUT2D eigenvalue weighted by atomic mass is 10.1. The van der Waals surface area contributed by atoms with Crippen LogP contribution in [0.5, 0.6) is 0 Å². The molecule has 0 bridgehead atoms. The summed E-state index contributed by atoms with van der Waals surface area (Å²) in [5.41, 5.74) is 2.68. The summed E-state index contributed by atoms with van der Waals surface area (Å²) in [5, 5.41) is 3.89. The van der Waals surface area contributed by atoms with Crippen LogP contribution < -0.4 is 0 Å². The van der Waals surface area contributed by atoms with Crippen molar-refractivity contribution in [2.45, 2.75) is 31.8 Å². The van der Waals surface area contributed by atoms with E-state index >= 15 is 0 Å². The number of aryl methyl sites for hydroxylation is 1. The fraction of sp³-hybridized carbons (Fsp3) is 0.238. The standard InChI is InChI=1S/C21H20FNO5S/c1-14-3-9-18(10-4-14)29(25,26)12-11-20(24)27-13-19-15(2)21(28-23-19)16-5-7-17(22)8-6-16/h3-10H,11-13H2,1-2H3. The molecule has 0 saturated heterocycles. The number of hydrogen-bond donors (Lipinski definition) is 0. The fourth-order valence-corrected chi connectivity index (χ4v) is 3.90. The number of benzene rings is 2. The zero-order valence-corrected chi connectivity index (χ0v) is 16.8. The number of carbonyl (C=O) groups is 1. The van der Waals surface area contributed by atoms with Gasteiger partial charge in [-0.3, -0.25) is 4.79 Å². The molecule has 0 aliphatic carbocycles. The predicted molar refractivity (Wildman–Crippen MR) is 104 cm³/mol. The Labute approximate surface area is 168 Å². The van der Waals surface area contributed by atoms with E-state index in [-0.39, 0.29) is 29.5 Å². The van der Waals surface area contributed by atoms with Gasteiger partial charge in [0.15, 0.2) is 15.6 Å². The Hall–Kier alpha value is -3.00. The third-order valence-corrected chi connectivity index (χ3v) is 6.18. The minimum Gasteiger partial charge on any atom is -0.459 e. The molecule has 29 heavy (non-hydrogen) atoms. The van der Waals surface area contributed by atoms with Crippen molar-refractivity contribution < 1.29 is 26.9 Å². The number of nitrogens with zero attached hydrogens (tertiary/aromatic N) is 1. The average Bonchev–Trinajstić information content (AvgIpc) is 3.06. The predicted octanol–water partition coefficient (Wildman–Crippen LogP) is 4.00. The fourth-order valence-electron chi connectivity index (χ4n) is 2.68. The summed E-state index contributed by atoms with van der Waals surface area (Å²) in [5.74, 6) is -0.891. The lowest BCUT2D eigenvalue weighted by Crippen LogP contribution is -2.14. The number of ether oxygens (including phenoxy) is 1. The van der Waals surface area contributed by atoms with Crippen molar-refractivity contribution in [1.29, 1.82) is 0 Å². The summed E-state index contributed by atoms with van der Waals surface area (Å²) in [6.07, 6.45) is -0.266. The Balaban J connectivity index is 1.57. The minimum atomic E-state index is -3.56. The molecule has 0 unspecified atom stereocenters. The zero-order valence-electron chi connectivity index (χ0n) is 16.0. The minimum absolute atomic E-state index is 0.139. The number of aromatic nitrogens is 1. The van der Waals surface area contributed by atoms with Gasteiger partial charge in [0, 0.05) is 11.1 Å². The molecular weight excluding hydrogens is 397 g/mol. The van der Waals surface area contributed by atoms with Crippen LogP contribution in [0.4, 0.5) is 4.39 Å². The van der Waals surface area contributed by atoms with Crippen molar-refractivity contribution >= 4 is 15.8 Å². The highest BCUT2D eigenvalue weighted by atomic mass is 32.2. The molecule has 3 aromatic rings. The van der Waals surface area contributed by atoms with Gasteiger partial charge in [0.2, 0.25) is 0 Å². The molecule has 0 amide bonds. The Morgan fingerprint density at radius 2 is 1.72 bits per heavy atom. The summed E-state index contributed by atoms with van der Waals surface area (Å²) in [6, 6.07) is 12.2. The van der Waals surface area contributed by atoms with Crippen molar-refractivity contribution in [2.75, 3.05) is 5.75 Å². The highest BCUT2D eigenvalue weighted by molar-refractivity contribution is 7.91. The first-order chi connectivity index (χ1) is 13.8. The molecule has 2 aromatic carbocycles. The van der Waals surface area contributed by atoms with Gasteiger partial charge in [-0.25, -0.2) is 12.8 Å². The normalized spacial score (nSPS) is 11.4. The van der Waals surface area contributed by atoms with Crippen LogP contribution in [-0.2, 0) is 26.0 Å². The van der Waals surface area contributed by atoms with E-state index in [0.717, 1.165) is 5.56 Å². The van der Waals surface area contributed by atoms with Gasteiger partial charge < -0.3 is 9.26 Å². The van der Waals surface area contributed by atoms with Crippen LogP contribution in [-0.4, -0.2) is 25.3 Å². The topological polar surface area (TPSA) is 86.5 Å². The second-order valence-electron chi connectivity index (χ2n) is 6.63. The van der Waals surface area contributed by atoms with E-state index < -0.39 is 15.8 Å². The average molecular weight is 417 g/mol. The molecular formula is C21H20FNO5S. The molecule has 0 spiro atoms.